The number of rotatable bonds is 6. The molecule has 120 valence electrons. The third-order valence-corrected chi connectivity index (χ3v) is 4.97. The molecule has 0 atom stereocenters. The zero-order valence-corrected chi connectivity index (χ0v) is 14.0. The fourth-order valence-electron chi connectivity index (χ4n) is 1.64. The van der Waals surface area contributed by atoms with Crippen molar-refractivity contribution >= 4 is 51.5 Å². The predicted octanol–water partition coefficient (Wildman–Crippen LogP) is 2.82. The second kappa shape index (κ2) is 7.84. The quantitative estimate of drug-likeness (QED) is 0.472. The summed E-state index contributed by atoms with van der Waals surface area (Å²) in [4.78, 5) is 34.7. The zero-order chi connectivity index (χ0) is 16.8. The van der Waals surface area contributed by atoms with Crippen LogP contribution in [0.1, 0.15) is 13.8 Å². The van der Waals surface area contributed by atoms with Crippen LogP contribution in [-0.2, 0) is 9.59 Å². The zero-order valence-electron chi connectivity index (χ0n) is 12.4. The minimum atomic E-state index is -0.797. The summed E-state index contributed by atoms with van der Waals surface area (Å²) in [7, 11) is 0. The van der Waals surface area contributed by atoms with Crippen molar-refractivity contribution in [2.75, 3.05) is 10.6 Å². The van der Waals surface area contributed by atoms with Gasteiger partial charge in [0.05, 0.1) is 0 Å². The third-order valence-electron chi connectivity index (χ3n) is 2.62. The first-order chi connectivity index (χ1) is 11.0. The number of thioether (sulfide) groups is 1. The van der Waals surface area contributed by atoms with Crippen LogP contribution >= 0.6 is 23.1 Å². The average molecular weight is 350 g/mol. The summed E-state index contributed by atoms with van der Waals surface area (Å²) in [5.74, 6) is -0.483. The molecule has 0 saturated carbocycles. The number of nitrogens with zero attached hydrogens (tertiary/aromatic N) is 2. The fraction of sp³-hybridized carbons (Fsp3) is 0.214. The number of carbonyl (C=O) groups excluding carboxylic acids is 3. The summed E-state index contributed by atoms with van der Waals surface area (Å²) in [5, 5.41) is 12.4. The van der Waals surface area contributed by atoms with E-state index >= 15 is 0 Å². The molecule has 0 radical (unpaired) electrons. The Balaban J connectivity index is 1.95. The van der Waals surface area contributed by atoms with Crippen molar-refractivity contribution in [3.05, 3.63) is 30.3 Å². The Morgan fingerprint density at radius 1 is 1.04 bits per heavy atom. The second-order valence-corrected chi connectivity index (χ2v) is 6.87. The molecular formula is C14H14N4O3S2. The molecule has 0 aliphatic rings. The van der Waals surface area contributed by atoms with Crippen LogP contribution in [0.4, 0.5) is 15.6 Å². The van der Waals surface area contributed by atoms with Crippen LogP contribution in [0.5, 0.6) is 0 Å². The van der Waals surface area contributed by atoms with E-state index in [1.165, 1.54) is 13.8 Å². The van der Waals surface area contributed by atoms with Crippen LogP contribution in [0, 0.1) is 0 Å². The monoisotopic (exact) mass is 350 g/mol. The molecule has 2 rings (SSSR count). The summed E-state index contributed by atoms with van der Waals surface area (Å²) in [6.07, 6.45) is 0. The minimum Gasteiger partial charge on any atom is -0.308 e. The molecule has 9 heteroatoms. The van der Waals surface area contributed by atoms with Gasteiger partial charge in [-0.25, -0.2) is 4.79 Å². The van der Waals surface area contributed by atoms with Crippen LogP contribution in [-0.4, -0.2) is 33.0 Å². The lowest BCUT2D eigenvalue weighted by Crippen LogP contribution is -2.21. The maximum atomic E-state index is 11.8. The van der Waals surface area contributed by atoms with Crippen molar-refractivity contribution in [1.29, 1.82) is 0 Å². The van der Waals surface area contributed by atoms with E-state index in [-0.39, 0.29) is 16.7 Å². The average Bonchev–Trinajstić information content (AvgIpc) is 2.92. The highest BCUT2D eigenvalue weighted by Gasteiger charge is 2.23. The topological polar surface area (TPSA) is 101 Å². The lowest BCUT2D eigenvalue weighted by Gasteiger charge is -2.06. The number of urea groups is 1. The Labute approximate surface area is 140 Å². The first kappa shape index (κ1) is 17.1. The van der Waals surface area contributed by atoms with Gasteiger partial charge in [0.2, 0.25) is 5.13 Å². The number of carbonyl (C=O) groups is 3. The molecule has 0 aliphatic heterocycles. The molecule has 1 aromatic carbocycles. The minimum absolute atomic E-state index is 0.242. The van der Waals surface area contributed by atoms with Crippen LogP contribution in [0.15, 0.2) is 34.7 Å². The fourth-order valence-corrected chi connectivity index (χ4v) is 3.45. The Bertz CT molecular complexity index is 704. The Kier molecular flexibility index (Phi) is 5.83. The van der Waals surface area contributed by atoms with Crippen molar-refractivity contribution in [1.82, 2.24) is 10.2 Å². The third kappa shape index (κ3) is 5.15. The second-order valence-electron chi connectivity index (χ2n) is 4.54. The Hall–Kier alpha value is -2.26. The molecule has 2 aromatic rings. The molecule has 0 bridgehead atoms. The van der Waals surface area contributed by atoms with Crippen molar-refractivity contribution in [2.24, 2.45) is 0 Å². The summed E-state index contributed by atoms with van der Waals surface area (Å²) < 4.78 is 0.440. The van der Waals surface area contributed by atoms with Gasteiger partial charge in [0.1, 0.15) is 5.25 Å². The molecule has 23 heavy (non-hydrogen) atoms. The van der Waals surface area contributed by atoms with Gasteiger partial charge in [-0.3, -0.25) is 14.9 Å². The summed E-state index contributed by atoms with van der Waals surface area (Å²) in [6.45, 7) is 2.71. The molecule has 7 nitrogen and oxygen atoms in total. The maximum absolute atomic E-state index is 11.8. The number of hydrogen-bond acceptors (Lipinski definition) is 7. The van der Waals surface area contributed by atoms with Gasteiger partial charge >= 0.3 is 6.03 Å². The number of aromatic nitrogens is 2. The number of Topliss-reactive ketones (excluding diaryl/α,β-unsaturated/α-hetero) is 2. The summed E-state index contributed by atoms with van der Waals surface area (Å²) >= 11 is 2.13. The molecule has 1 heterocycles. The Morgan fingerprint density at radius 3 is 2.30 bits per heavy atom. The number of para-hydroxylation sites is 1. The smallest absolute Gasteiger partial charge is 0.308 e. The van der Waals surface area contributed by atoms with E-state index < -0.39 is 11.3 Å². The molecule has 0 unspecified atom stereocenters. The number of benzene rings is 1. The van der Waals surface area contributed by atoms with E-state index in [9.17, 15) is 14.4 Å². The Morgan fingerprint density at radius 2 is 1.70 bits per heavy atom. The van der Waals surface area contributed by atoms with Gasteiger partial charge in [-0.05, 0) is 26.0 Å². The highest BCUT2D eigenvalue weighted by atomic mass is 32.2. The van der Waals surface area contributed by atoms with Crippen LogP contribution < -0.4 is 10.6 Å². The van der Waals surface area contributed by atoms with Gasteiger partial charge in [0.15, 0.2) is 15.9 Å². The van der Waals surface area contributed by atoms with Gasteiger partial charge in [-0.15, -0.1) is 10.2 Å². The van der Waals surface area contributed by atoms with Gasteiger partial charge in [-0.2, -0.15) is 0 Å². The molecule has 0 spiro atoms. The lowest BCUT2D eigenvalue weighted by molar-refractivity contribution is -0.123. The highest BCUT2D eigenvalue weighted by molar-refractivity contribution is 8.03. The van der Waals surface area contributed by atoms with E-state index in [0.717, 1.165) is 23.1 Å². The van der Waals surface area contributed by atoms with Crippen molar-refractivity contribution in [3.63, 3.8) is 0 Å². The molecule has 2 N–H and O–H groups in total. The van der Waals surface area contributed by atoms with Gasteiger partial charge in [0, 0.05) is 5.69 Å². The van der Waals surface area contributed by atoms with E-state index in [0.29, 0.717) is 10.0 Å². The lowest BCUT2D eigenvalue weighted by atomic mass is 10.2. The molecule has 2 amide bonds. The normalized spacial score (nSPS) is 10.4. The molecule has 1 aromatic heterocycles. The molecule has 0 saturated heterocycles. The predicted molar refractivity (Wildman–Crippen MR) is 90.0 cm³/mol. The van der Waals surface area contributed by atoms with E-state index in [4.69, 9.17) is 0 Å². The maximum Gasteiger partial charge on any atom is 0.325 e. The van der Waals surface area contributed by atoms with Crippen LogP contribution in [0.3, 0.4) is 0 Å². The SMILES string of the molecule is CC(=O)C(Sc1nnc(NC(=O)Nc2ccccc2)s1)C(C)=O. The largest absolute Gasteiger partial charge is 0.325 e. The number of amides is 2. The van der Waals surface area contributed by atoms with Crippen molar-refractivity contribution < 1.29 is 14.4 Å². The first-order valence-corrected chi connectivity index (χ1v) is 8.29. The van der Waals surface area contributed by atoms with E-state index in [1.54, 1.807) is 24.3 Å². The highest BCUT2D eigenvalue weighted by Crippen LogP contribution is 2.29. The first-order valence-electron chi connectivity index (χ1n) is 6.60. The number of nitrogens with one attached hydrogen (secondary N) is 2. The standard InChI is InChI=1S/C14H14N4O3S2/c1-8(19)11(9(2)20)22-14-18-17-13(23-14)16-12(21)15-10-6-4-3-5-7-10/h3-7,11H,1-2H3,(H2,15,16,17,21). The number of anilines is 2. The van der Waals surface area contributed by atoms with Crippen molar-refractivity contribution in [2.45, 2.75) is 23.4 Å². The van der Waals surface area contributed by atoms with Gasteiger partial charge < -0.3 is 5.32 Å². The van der Waals surface area contributed by atoms with Gasteiger partial charge in [0.25, 0.3) is 0 Å². The van der Waals surface area contributed by atoms with Crippen molar-refractivity contribution in [3.8, 4) is 0 Å². The molecular weight excluding hydrogens is 336 g/mol. The number of hydrogen-bond donors (Lipinski definition) is 2. The number of ketones is 2. The van der Waals surface area contributed by atoms with E-state index in [1.807, 2.05) is 6.07 Å². The van der Waals surface area contributed by atoms with Crippen LogP contribution in [0.25, 0.3) is 0 Å². The molecule has 0 aliphatic carbocycles. The summed E-state index contributed by atoms with van der Waals surface area (Å²) in [5.41, 5.74) is 0.650. The van der Waals surface area contributed by atoms with E-state index in [2.05, 4.69) is 20.8 Å². The van der Waals surface area contributed by atoms with Gasteiger partial charge in [-0.1, -0.05) is 41.3 Å². The molecule has 0 fully saturated rings. The van der Waals surface area contributed by atoms with Crippen LogP contribution in [0.2, 0.25) is 0 Å². The summed E-state index contributed by atoms with van der Waals surface area (Å²) in [6, 6.07) is 8.52.